The molecule has 0 saturated heterocycles. The van der Waals surface area contributed by atoms with Crippen molar-refractivity contribution < 1.29 is 22.7 Å². The maximum atomic E-state index is 13.1. The zero-order chi connectivity index (χ0) is 26.1. The number of rotatable bonds is 11. The lowest BCUT2D eigenvalue weighted by Gasteiger charge is -2.28. The van der Waals surface area contributed by atoms with Crippen LogP contribution in [-0.4, -0.2) is 45.7 Å². The monoisotopic (exact) mass is 509 g/mol. The van der Waals surface area contributed by atoms with Gasteiger partial charge in [-0.1, -0.05) is 42.5 Å². The quantitative estimate of drug-likeness (QED) is 0.409. The van der Waals surface area contributed by atoms with Gasteiger partial charge in [0.1, 0.15) is 11.8 Å². The Hall–Kier alpha value is -3.85. The molecule has 2 N–H and O–H groups in total. The molecule has 36 heavy (non-hydrogen) atoms. The minimum atomic E-state index is -3.79. The second-order valence-corrected chi connectivity index (χ2v) is 10.0. The van der Waals surface area contributed by atoms with E-state index in [1.54, 1.807) is 48.5 Å². The van der Waals surface area contributed by atoms with E-state index < -0.39 is 22.0 Å². The molecular formula is C27H31N3O5S. The fraction of sp³-hybridized carbons (Fsp3) is 0.259. The van der Waals surface area contributed by atoms with Crippen LogP contribution in [-0.2, 0) is 21.2 Å². The molecule has 3 rings (SSSR count). The van der Waals surface area contributed by atoms with Crippen LogP contribution in [0.5, 0.6) is 5.75 Å². The van der Waals surface area contributed by atoms with Crippen molar-refractivity contribution in [3.05, 3.63) is 90.0 Å². The van der Waals surface area contributed by atoms with Crippen molar-refractivity contribution in [3.8, 4) is 5.75 Å². The van der Waals surface area contributed by atoms with E-state index in [1.807, 2.05) is 37.3 Å². The normalized spacial score (nSPS) is 11.9. The number of hydrogen-bond acceptors (Lipinski definition) is 5. The van der Waals surface area contributed by atoms with Crippen molar-refractivity contribution >= 4 is 33.2 Å². The van der Waals surface area contributed by atoms with E-state index in [2.05, 4.69) is 10.6 Å². The number of benzene rings is 3. The number of ether oxygens (including phenoxy) is 1. The number of para-hydroxylation sites is 1. The van der Waals surface area contributed by atoms with E-state index in [4.69, 9.17) is 4.74 Å². The summed E-state index contributed by atoms with van der Waals surface area (Å²) in [5, 5.41) is 5.59. The van der Waals surface area contributed by atoms with Crippen LogP contribution >= 0.6 is 0 Å². The zero-order valence-corrected chi connectivity index (χ0v) is 21.4. The van der Waals surface area contributed by atoms with Crippen molar-refractivity contribution in [1.82, 2.24) is 5.32 Å². The van der Waals surface area contributed by atoms with Crippen LogP contribution in [0.3, 0.4) is 0 Å². The molecule has 0 aliphatic carbocycles. The van der Waals surface area contributed by atoms with Crippen molar-refractivity contribution in [1.29, 1.82) is 0 Å². The van der Waals surface area contributed by atoms with E-state index in [1.165, 1.54) is 6.92 Å². The van der Waals surface area contributed by atoms with Gasteiger partial charge < -0.3 is 15.4 Å². The lowest BCUT2D eigenvalue weighted by molar-refractivity contribution is -0.116. The molecule has 0 aliphatic heterocycles. The Balaban J connectivity index is 1.73. The minimum absolute atomic E-state index is 0.290. The van der Waals surface area contributed by atoms with Gasteiger partial charge in [-0.2, -0.15) is 0 Å². The molecule has 1 atom stereocenters. The van der Waals surface area contributed by atoms with Gasteiger partial charge in [0.25, 0.3) is 5.91 Å². The first-order valence-corrected chi connectivity index (χ1v) is 13.5. The highest BCUT2D eigenvalue weighted by atomic mass is 32.2. The average Bonchev–Trinajstić information content (AvgIpc) is 2.85. The van der Waals surface area contributed by atoms with Gasteiger partial charge >= 0.3 is 0 Å². The zero-order valence-electron chi connectivity index (χ0n) is 20.6. The van der Waals surface area contributed by atoms with E-state index in [0.717, 1.165) is 16.1 Å². The molecular weight excluding hydrogens is 478 g/mol. The van der Waals surface area contributed by atoms with Gasteiger partial charge in [0.05, 0.1) is 29.8 Å². The summed E-state index contributed by atoms with van der Waals surface area (Å²) in [5.74, 6) is -0.307. The highest BCUT2D eigenvalue weighted by Gasteiger charge is 2.30. The van der Waals surface area contributed by atoms with Crippen molar-refractivity contribution in [3.63, 3.8) is 0 Å². The highest BCUT2D eigenvalue weighted by Crippen LogP contribution is 2.25. The molecule has 3 aromatic rings. The summed E-state index contributed by atoms with van der Waals surface area (Å²) in [5.41, 5.74) is 2.02. The molecule has 9 heteroatoms. The topological polar surface area (TPSA) is 105 Å². The number of hydrogen-bond donors (Lipinski definition) is 2. The van der Waals surface area contributed by atoms with Gasteiger partial charge in [-0.25, -0.2) is 8.42 Å². The molecule has 190 valence electrons. The third-order valence-electron chi connectivity index (χ3n) is 5.46. The van der Waals surface area contributed by atoms with Crippen LogP contribution in [0, 0.1) is 0 Å². The Kier molecular flexibility index (Phi) is 9.08. The first-order chi connectivity index (χ1) is 17.2. The lowest BCUT2D eigenvalue weighted by atomic mass is 10.1. The number of nitrogens with zero attached hydrogens (tertiary/aromatic N) is 1. The molecule has 0 radical (unpaired) electrons. The molecule has 0 saturated carbocycles. The molecule has 0 heterocycles. The van der Waals surface area contributed by atoms with Crippen LogP contribution < -0.4 is 19.7 Å². The second kappa shape index (κ2) is 12.2. The van der Waals surface area contributed by atoms with Gasteiger partial charge in [-0.15, -0.1) is 0 Å². The van der Waals surface area contributed by atoms with Crippen LogP contribution in [0.15, 0.2) is 78.9 Å². The number of anilines is 2. The van der Waals surface area contributed by atoms with Crippen molar-refractivity contribution in [2.24, 2.45) is 0 Å². The largest absolute Gasteiger partial charge is 0.494 e. The second-order valence-electron chi connectivity index (χ2n) is 8.19. The predicted octanol–water partition coefficient (Wildman–Crippen LogP) is 3.85. The molecule has 0 aromatic heterocycles. The van der Waals surface area contributed by atoms with Gasteiger partial charge in [-0.3, -0.25) is 13.9 Å². The molecule has 0 unspecified atom stereocenters. The molecule has 2 amide bonds. The molecule has 3 aromatic carbocycles. The fourth-order valence-electron chi connectivity index (χ4n) is 3.75. The first-order valence-electron chi connectivity index (χ1n) is 11.6. The summed E-state index contributed by atoms with van der Waals surface area (Å²) in [6, 6.07) is 21.8. The van der Waals surface area contributed by atoms with Gasteiger partial charge in [-0.05, 0) is 62.2 Å². The Morgan fingerprint density at radius 1 is 0.944 bits per heavy atom. The van der Waals surface area contributed by atoms with E-state index in [0.29, 0.717) is 36.7 Å². The summed E-state index contributed by atoms with van der Waals surface area (Å²) >= 11 is 0. The number of amides is 2. The Morgan fingerprint density at radius 2 is 1.58 bits per heavy atom. The maximum absolute atomic E-state index is 13.1. The standard InChI is InChI=1S/C27H31N3O5S/c1-4-35-23-16-14-22(15-17-23)30(36(3,33)34)20(2)26(31)29-25-13-9-8-12-24(25)27(32)28-19-18-21-10-6-5-7-11-21/h5-17,20H,4,18-19H2,1-3H3,(H,28,32)(H,29,31)/t20-/m0/s1. The first kappa shape index (κ1) is 26.7. The Labute approximate surface area is 212 Å². The summed E-state index contributed by atoms with van der Waals surface area (Å²) in [6.07, 6.45) is 1.71. The lowest BCUT2D eigenvalue weighted by Crippen LogP contribution is -2.45. The summed E-state index contributed by atoms with van der Waals surface area (Å²) in [6.45, 7) is 4.26. The number of sulfonamides is 1. The highest BCUT2D eigenvalue weighted by molar-refractivity contribution is 7.92. The van der Waals surface area contributed by atoms with Crippen LogP contribution in [0.1, 0.15) is 29.8 Å². The fourth-order valence-corrected chi connectivity index (χ4v) is 4.93. The minimum Gasteiger partial charge on any atom is -0.494 e. The van der Waals surface area contributed by atoms with Gasteiger partial charge in [0, 0.05) is 6.54 Å². The molecule has 0 fully saturated rings. The number of carbonyl (C=O) groups is 2. The molecule has 0 bridgehead atoms. The van der Waals surface area contributed by atoms with Gasteiger partial charge in [0.2, 0.25) is 15.9 Å². The van der Waals surface area contributed by atoms with Crippen LogP contribution in [0.2, 0.25) is 0 Å². The summed E-state index contributed by atoms with van der Waals surface area (Å²) < 4.78 is 31.7. The third kappa shape index (κ3) is 7.08. The predicted molar refractivity (Wildman–Crippen MR) is 142 cm³/mol. The molecule has 0 aliphatic rings. The van der Waals surface area contributed by atoms with Gasteiger partial charge in [0.15, 0.2) is 0 Å². The summed E-state index contributed by atoms with van der Waals surface area (Å²) in [4.78, 5) is 26.0. The smallest absolute Gasteiger partial charge is 0.253 e. The Morgan fingerprint density at radius 3 is 2.22 bits per heavy atom. The molecule has 8 nitrogen and oxygen atoms in total. The number of nitrogens with one attached hydrogen (secondary N) is 2. The van der Waals surface area contributed by atoms with E-state index in [-0.39, 0.29) is 11.5 Å². The van der Waals surface area contributed by atoms with Crippen molar-refractivity contribution in [2.75, 3.05) is 29.0 Å². The van der Waals surface area contributed by atoms with Crippen LogP contribution in [0.4, 0.5) is 11.4 Å². The summed E-state index contributed by atoms with van der Waals surface area (Å²) in [7, 11) is -3.79. The van der Waals surface area contributed by atoms with E-state index >= 15 is 0 Å². The van der Waals surface area contributed by atoms with Crippen molar-refractivity contribution in [2.45, 2.75) is 26.3 Å². The number of carbonyl (C=O) groups excluding carboxylic acids is 2. The SMILES string of the molecule is CCOc1ccc(N([C@@H](C)C(=O)Nc2ccccc2C(=O)NCCc2ccccc2)S(C)(=O)=O)cc1. The van der Waals surface area contributed by atoms with E-state index in [9.17, 15) is 18.0 Å². The average molecular weight is 510 g/mol. The Bertz CT molecular complexity index is 1280. The molecule has 0 spiro atoms. The maximum Gasteiger partial charge on any atom is 0.253 e. The van der Waals surface area contributed by atoms with Crippen LogP contribution in [0.25, 0.3) is 0 Å². The third-order valence-corrected chi connectivity index (χ3v) is 6.70.